The molecular formula is C34H30ClFN6O5S2. The van der Waals surface area contributed by atoms with Crippen molar-refractivity contribution in [2.24, 2.45) is 5.16 Å². The van der Waals surface area contributed by atoms with Gasteiger partial charge in [0, 0.05) is 29.6 Å². The van der Waals surface area contributed by atoms with Crippen molar-refractivity contribution in [1.82, 2.24) is 19.6 Å². The molecule has 11 nitrogen and oxygen atoms in total. The number of aliphatic carboxylic acids is 1. The molecule has 0 spiro atoms. The third-order valence-electron chi connectivity index (χ3n) is 7.99. The second-order valence-corrected chi connectivity index (χ2v) is 13.1. The Kier molecular flexibility index (Phi) is 10.6. The van der Waals surface area contributed by atoms with Crippen LogP contribution in [0, 0.1) is 0 Å². The minimum atomic E-state index is -1.27. The van der Waals surface area contributed by atoms with Crippen molar-refractivity contribution >= 4 is 63.5 Å². The lowest BCUT2D eigenvalue weighted by Gasteiger charge is -2.49. The summed E-state index contributed by atoms with van der Waals surface area (Å²) < 4.78 is 17.2. The van der Waals surface area contributed by atoms with Crippen molar-refractivity contribution in [1.29, 1.82) is 0 Å². The number of carbonyl (C=O) groups is 3. The predicted molar refractivity (Wildman–Crippen MR) is 186 cm³/mol. The molecule has 0 unspecified atom stereocenters. The van der Waals surface area contributed by atoms with E-state index in [1.54, 1.807) is 0 Å². The van der Waals surface area contributed by atoms with Crippen LogP contribution in [0.2, 0.25) is 0 Å². The average molecular weight is 721 g/mol. The number of carboxylic acids is 1. The molecule has 2 aliphatic heterocycles. The molecule has 1 aromatic heterocycles. The molecule has 2 amide bonds. The highest BCUT2D eigenvalue weighted by atomic mass is 35.5. The van der Waals surface area contributed by atoms with E-state index in [1.165, 1.54) is 11.8 Å². The van der Waals surface area contributed by atoms with Gasteiger partial charge in [0.25, 0.3) is 11.8 Å². The number of halogens is 2. The number of nitrogens with zero attached hydrogens (tertiary/aromatic N) is 4. The summed E-state index contributed by atoms with van der Waals surface area (Å²) in [7, 11) is 0. The molecule has 3 aromatic carbocycles. The van der Waals surface area contributed by atoms with Gasteiger partial charge in [-0.3, -0.25) is 18.9 Å². The Morgan fingerprint density at radius 1 is 1.02 bits per heavy atom. The lowest BCUT2D eigenvalue weighted by Crippen LogP contribution is -2.71. The molecule has 0 bridgehead atoms. The maximum atomic E-state index is 13.7. The third kappa shape index (κ3) is 6.76. The Morgan fingerprint density at radius 2 is 1.61 bits per heavy atom. The monoisotopic (exact) mass is 720 g/mol. The predicted octanol–water partition coefficient (Wildman–Crippen LogP) is 5.00. The lowest BCUT2D eigenvalue weighted by atomic mass is 9.77. The van der Waals surface area contributed by atoms with Crippen LogP contribution < -0.4 is 10.6 Å². The van der Waals surface area contributed by atoms with Gasteiger partial charge in [-0.05, 0) is 22.3 Å². The van der Waals surface area contributed by atoms with Crippen LogP contribution in [0.15, 0.2) is 107 Å². The minimum absolute atomic E-state index is 0.0405. The average Bonchev–Trinajstić information content (AvgIpc) is 3.60. The van der Waals surface area contributed by atoms with Crippen molar-refractivity contribution in [3.05, 3.63) is 125 Å². The van der Waals surface area contributed by atoms with Gasteiger partial charge in [0.1, 0.15) is 29.3 Å². The van der Waals surface area contributed by atoms with Gasteiger partial charge in [0.2, 0.25) is 16.7 Å². The molecule has 0 saturated carbocycles. The molecule has 2 aliphatic rings. The number of carboxylic acid groups (broad SMARTS) is 1. The lowest BCUT2D eigenvalue weighted by molar-refractivity contribution is -0.150. The summed E-state index contributed by atoms with van der Waals surface area (Å²) in [5, 5.41) is 19.6. The highest BCUT2D eigenvalue weighted by molar-refractivity contribution is 8.00. The fourth-order valence-corrected chi connectivity index (χ4v) is 8.03. The zero-order valence-corrected chi connectivity index (χ0v) is 28.2. The zero-order valence-electron chi connectivity index (χ0n) is 25.8. The van der Waals surface area contributed by atoms with Gasteiger partial charge < -0.3 is 20.6 Å². The van der Waals surface area contributed by atoms with Crippen LogP contribution in [0.4, 0.5) is 9.52 Å². The van der Waals surface area contributed by atoms with E-state index in [0.717, 1.165) is 33.1 Å². The van der Waals surface area contributed by atoms with Gasteiger partial charge in [-0.2, -0.15) is 9.36 Å². The van der Waals surface area contributed by atoms with E-state index in [4.69, 9.17) is 16.4 Å². The Morgan fingerprint density at radius 3 is 2.14 bits per heavy atom. The SMILES string of the molecule is O=C(O)C1=C(CCl)CS[C@@H]2[C@H](NC(=O)/C(=N\OCCCF)c3nsc(NC(c4ccccc4)(c4ccccc4)c4ccccc4)n3)C(=O)N12. The second kappa shape index (κ2) is 15.2. The highest BCUT2D eigenvalue weighted by Gasteiger charge is 2.54. The van der Waals surface area contributed by atoms with Crippen molar-refractivity contribution < 1.29 is 28.7 Å². The molecule has 3 heterocycles. The number of amides is 2. The van der Waals surface area contributed by atoms with Crippen LogP contribution in [-0.2, 0) is 24.8 Å². The summed E-state index contributed by atoms with van der Waals surface area (Å²) >= 11 is 8.23. The number of hydrogen-bond donors (Lipinski definition) is 3. The molecule has 15 heteroatoms. The van der Waals surface area contributed by atoms with E-state index in [1.807, 2.05) is 91.0 Å². The number of aromatic nitrogens is 2. The van der Waals surface area contributed by atoms with Crippen LogP contribution in [0.5, 0.6) is 0 Å². The van der Waals surface area contributed by atoms with E-state index in [0.29, 0.717) is 10.7 Å². The van der Waals surface area contributed by atoms with Crippen molar-refractivity contribution in [2.75, 3.05) is 30.2 Å². The molecule has 1 saturated heterocycles. The number of β-lactam (4-membered cyclic amide) rings is 1. The molecule has 2 atom stereocenters. The van der Waals surface area contributed by atoms with E-state index < -0.39 is 41.4 Å². The fourth-order valence-electron chi connectivity index (χ4n) is 5.72. The normalized spacial score (nSPS) is 17.6. The molecule has 1 fully saturated rings. The fraction of sp³-hybridized carbons (Fsp3) is 0.235. The molecule has 0 radical (unpaired) electrons. The highest BCUT2D eigenvalue weighted by Crippen LogP contribution is 2.42. The van der Waals surface area contributed by atoms with Crippen LogP contribution >= 0.6 is 34.9 Å². The largest absolute Gasteiger partial charge is 0.477 e. The van der Waals surface area contributed by atoms with Crippen LogP contribution in [0.25, 0.3) is 0 Å². The smallest absolute Gasteiger partial charge is 0.352 e. The van der Waals surface area contributed by atoms with E-state index >= 15 is 0 Å². The number of hydrogen-bond acceptors (Lipinski definition) is 10. The van der Waals surface area contributed by atoms with Gasteiger partial charge in [-0.25, -0.2) is 4.79 Å². The maximum absolute atomic E-state index is 13.7. The van der Waals surface area contributed by atoms with Gasteiger partial charge in [0.05, 0.1) is 6.67 Å². The van der Waals surface area contributed by atoms with E-state index in [2.05, 4.69) is 25.1 Å². The first-order chi connectivity index (χ1) is 23.9. The first kappa shape index (κ1) is 34.1. The first-order valence-electron chi connectivity index (χ1n) is 15.2. The van der Waals surface area contributed by atoms with Crippen LogP contribution in [0.3, 0.4) is 0 Å². The summed E-state index contributed by atoms with van der Waals surface area (Å²) in [6.07, 6.45) is 0.0471. The number of nitrogens with one attached hydrogen (secondary N) is 2. The molecule has 6 rings (SSSR count). The number of thioether (sulfide) groups is 1. The topological polar surface area (TPSA) is 146 Å². The number of anilines is 1. The summed E-state index contributed by atoms with van der Waals surface area (Å²) in [4.78, 5) is 49.8. The molecular weight excluding hydrogens is 691 g/mol. The van der Waals surface area contributed by atoms with Crippen molar-refractivity contribution in [3.63, 3.8) is 0 Å². The number of benzene rings is 3. The summed E-state index contributed by atoms with van der Waals surface area (Å²) in [6, 6.07) is 28.5. The molecule has 0 aliphatic carbocycles. The van der Waals surface area contributed by atoms with Gasteiger partial charge in [-0.1, -0.05) is 96.2 Å². The van der Waals surface area contributed by atoms with Crippen LogP contribution in [0.1, 0.15) is 28.9 Å². The number of carbonyl (C=O) groups excluding carboxylic acids is 2. The molecule has 4 aromatic rings. The van der Waals surface area contributed by atoms with Gasteiger partial charge in [0.15, 0.2) is 0 Å². The third-order valence-corrected chi connectivity index (χ3v) is 10.3. The Hall–Kier alpha value is -4.79. The number of fused-ring (bicyclic) bond motifs is 1. The number of rotatable bonds is 14. The summed E-state index contributed by atoms with van der Waals surface area (Å²) in [5.74, 6) is -2.52. The summed E-state index contributed by atoms with van der Waals surface area (Å²) in [6.45, 7) is -0.750. The first-order valence-corrected chi connectivity index (χ1v) is 17.6. The summed E-state index contributed by atoms with van der Waals surface area (Å²) in [5.41, 5.74) is 1.78. The van der Waals surface area contributed by atoms with Gasteiger partial charge in [-0.15, -0.1) is 23.4 Å². The standard InChI is InChI=1S/C34H30ClFN6O5S2/c35-19-21-20-48-31-26(30(44)42(31)27(21)32(45)46)37-29(43)25(40-47-18-10-17-36)28-38-33(49-41-28)39-34(22-11-4-1-5-12-22,23-13-6-2-7-14-23)24-15-8-3-9-16-24/h1-9,11-16,26,31H,10,17-20H2,(H,37,43)(H,45,46)(H,38,39,41)/b40-25-/t26-,31-/m1/s1. The Bertz CT molecular complexity index is 1780. The molecule has 49 heavy (non-hydrogen) atoms. The number of alkyl halides is 2. The second-order valence-electron chi connectivity index (χ2n) is 11.0. The quantitative estimate of drug-likeness (QED) is 0.0409. The molecule has 252 valence electrons. The van der Waals surface area contributed by atoms with Crippen LogP contribution in [-0.4, -0.2) is 79.2 Å². The van der Waals surface area contributed by atoms with E-state index in [9.17, 15) is 23.9 Å². The Balaban J connectivity index is 1.32. The minimum Gasteiger partial charge on any atom is -0.477 e. The zero-order chi connectivity index (χ0) is 34.4. The Labute approximate surface area is 294 Å². The van der Waals surface area contributed by atoms with Crippen molar-refractivity contribution in [2.45, 2.75) is 23.4 Å². The van der Waals surface area contributed by atoms with Gasteiger partial charge >= 0.3 is 5.97 Å². The van der Waals surface area contributed by atoms with Crippen molar-refractivity contribution in [3.8, 4) is 0 Å². The molecule has 3 N–H and O–H groups in total. The number of oxime groups is 1. The maximum Gasteiger partial charge on any atom is 0.352 e. The van der Waals surface area contributed by atoms with E-state index in [-0.39, 0.29) is 41.9 Å².